The molecular weight excluding hydrogens is 290 g/mol. The van der Waals surface area contributed by atoms with E-state index < -0.39 is 0 Å². The van der Waals surface area contributed by atoms with Crippen molar-refractivity contribution in [1.29, 1.82) is 0 Å². The minimum absolute atomic E-state index is 0.0753. The first kappa shape index (κ1) is 13.3. The average Bonchev–Trinajstić information content (AvgIpc) is 2.93. The Morgan fingerprint density at radius 2 is 1.65 bits per heavy atom. The maximum Gasteiger partial charge on any atom is 0.195 e. The zero-order valence-electron chi connectivity index (χ0n) is 12.1. The molecule has 3 N–H and O–H groups in total. The number of furan rings is 1. The van der Waals surface area contributed by atoms with Crippen LogP contribution in [0.15, 0.2) is 65.3 Å². The molecule has 0 aliphatic carbocycles. The Morgan fingerprint density at radius 3 is 2.48 bits per heavy atom. The molecule has 0 spiro atoms. The first-order valence-corrected chi connectivity index (χ1v) is 7.12. The SMILES string of the molecule is Nc1ccccc1-c1cc(-c2oc3ccccc3c2O)ncn1. The van der Waals surface area contributed by atoms with E-state index in [4.69, 9.17) is 10.2 Å². The van der Waals surface area contributed by atoms with E-state index in [1.165, 1.54) is 6.33 Å². The van der Waals surface area contributed by atoms with E-state index in [0.29, 0.717) is 33.8 Å². The lowest BCUT2D eigenvalue weighted by molar-refractivity contribution is 0.469. The van der Waals surface area contributed by atoms with Crippen LogP contribution in [0.2, 0.25) is 0 Å². The van der Waals surface area contributed by atoms with Crippen molar-refractivity contribution in [3.05, 3.63) is 60.9 Å². The Balaban J connectivity index is 1.88. The Kier molecular flexibility index (Phi) is 2.98. The normalized spacial score (nSPS) is 11.0. The van der Waals surface area contributed by atoms with E-state index in [0.717, 1.165) is 5.56 Å². The van der Waals surface area contributed by atoms with Crippen molar-refractivity contribution in [1.82, 2.24) is 9.97 Å². The molecule has 0 bridgehead atoms. The third-order valence-electron chi connectivity index (χ3n) is 3.71. The Bertz CT molecular complexity index is 1010. The summed E-state index contributed by atoms with van der Waals surface area (Å²) >= 11 is 0. The molecule has 5 heteroatoms. The second-order valence-corrected chi connectivity index (χ2v) is 5.15. The Morgan fingerprint density at radius 1 is 0.913 bits per heavy atom. The molecule has 2 heterocycles. The van der Waals surface area contributed by atoms with Crippen LogP contribution in [0, 0.1) is 0 Å². The molecule has 0 saturated carbocycles. The van der Waals surface area contributed by atoms with E-state index >= 15 is 0 Å². The fraction of sp³-hybridized carbons (Fsp3) is 0. The highest BCUT2D eigenvalue weighted by molar-refractivity contribution is 5.91. The zero-order valence-corrected chi connectivity index (χ0v) is 12.1. The summed E-state index contributed by atoms with van der Waals surface area (Å²) in [5.74, 6) is 0.399. The van der Waals surface area contributed by atoms with E-state index in [1.54, 1.807) is 18.2 Å². The highest BCUT2D eigenvalue weighted by Crippen LogP contribution is 2.38. The fourth-order valence-corrected chi connectivity index (χ4v) is 2.56. The summed E-state index contributed by atoms with van der Waals surface area (Å²) in [4.78, 5) is 8.48. The summed E-state index contributed by atoms with van der Waals surface area (Å²) in [6.45, 7) is 0. The van der Waals surface area contributed by atoms with Gasteiger partial charge in [-0.3, -0.25) is 0 Å². The van der Waals surface area contributed by atoms with Crippen LogP contribution >= 0.6 is 0 Å². The lowest BCUT2D eigenvalue weighted by atomic mass is 10.1. The molecule has 0 atom stereocenters. The van der Waals surface area contributed by atoms with Crippen LogP contribution in [0.3, 0.4) is 0 Å². The minimum Gasteiger partial charge on any atom is -0.504 e. The van der Waals surface area contributed by atoms with Gasteiger partial charge in [0.1, 0.15) is 17.6 Å². The van der Waals surface area contributed by atoms with Crippen molar-refractivity contribution in [2.75, 3.05) is 5.73 Å². The number of rotatable bonds is 2. The molecular formula is C18H13N3O2. The van der Waals surface area contributed by atoms with Crippen molar-refractivity contribution in [2.24, 2.45) is 0 Å². The molecule has 2 aromatic heterocycles. The number of nitrogen functional groups attached to an aromatic ring is 1. The summed E-state index contributed by atoms with van der Waals surface area (Å²) in [6, 6.07) is 16.5. The number of benzene rings is 2. The lowest BCUT2D eigenvalue weighted by Gasteiger charge is -2.05. The molecule has 0 aliphatic rings. The van der Waals surface area contributed by atoms with Crippen molar-refractivity contribution < 1.29 is 9.52 Å². The zero-order chi connectivity index (χ0) is 15.8. The fourth-order valence-electron chi connectivity index (χ4n) is 2.56. The van der Waals surface area contributed by atoms with Gasteiger partial charge >= 0.3 is 0 Å². The molecule has 4 rings (SSSR count). The number of hydrogen-bond donors (Lipinski definition) is 2. The van der Waals surface area contributed by atoms with Gasteiger partial charge in [-0.15, -0.1) is 0 Å². The van der Waals surface area contributed by atoms with Gasteiger partial charge in [0.15, 0.2) is 11.5 Å². The van der Waals surface area contributed by atoms with Gasteiger partial charge in [0.25, 0.3) is 0 Å². The first-order valence-electron chi connectivity index (χ1n) is 7.12. The minimum atomic E-state index is 0.0753. The van der Waals surface area contributed by atoms with Gasteiger partial charge in [-0.25, -0.2) is 9.97 Å². The van der Waals surface area contributed by atoms with Crippen molar-refractivity contribution in [3.8, 4) is 28.5 Å². The number of nitrogens with two attached hydrogens (primary N) is 1. The standard InChI is InChI=1S/C18H13N3O2/c19-13-7-3-1-5-11(13)14-9-15(21-10-20-14)18-17(22)12-6-2-4-8-16(12)23-18/h1-10,22H,19H2. The van der Waals surface area contributed by atoms with Gasteiger partial charge in [0, 0.05) is 11.3 Å². The summed E-state index contributed by atoms with van der Waals surface area (Å²) in [5, 5.41) is 11.0. The topological polar surface area (TPSA) is 85.2 Å². The monoisotopic (exact) mass is 303 g/mol. The number of nitrogens with zero attached hydrogens (tertiary/aromatic N) is 2. The van der Waals surface area contributed by atoms with Gasteiger partial charge in [0.2, 0.25) is 0 Å². The molecule has 2 aromatic carbocycles. The van der Waals surface area contributed by atoms with Crippen LogP contribution in [-0.4, -0.2) is 15.1 Å². The molecule has 0 saturated heterocycles. The van der Waals surface area contributed by atoms with Crippen LogP contribution in [0.5, 0.6) is 5.75 Å². The summed E-state index contributed by atoms with van der Waals surface area (Å²) in [6.07, 6.45) is 1.43. The van der Waals surface area contributed by atoms with Crippen molar-refractivity contribution in [3.63, 3.8) is 0 Å². The third kappa shape index (κ3) is 2.19. The molecule has 0 radical (unpaired) electrons. The van der Waals surface area contributed by atoms with Gasteiger partial charge in [0.05, 0.1) is 11.1 Å². The summed E-state index contributed by atoms with van der Waals surface area (Å²) in [7, 11) is 0. The first-order chi connectivity index (χ1) is 11.2. The number of hydrogen-bond acceptors (Lipinski definition) is 5. The molecule has 4 aromatic rings. The van der Waals surface area contributed by atoms with Gasteiger partial charge in [-0.05, 0) is 24.3 Å². The predicted octanol–water partition coefficient (Wildman–Crippen LogP) is 3.84. The highest BCUT2D eigenvalue weighted by atomic mass is 16.4. The smallest absolute Gasteiger partial charge is 0.195 e. The van der Waals surface area contributed by atoms with Gasteiger partial charge in [-0.1, -0.05) is 30.3 Å². The number of fused-ring (bicyclic) bond motifs is 1. The maximum atomic E-state index is 10.4. The van der Waals surface area contributed by atoms with E-state index in [2.05, 4.69) is 9.97 Å². The largest absolute Gasteiger partial charge is 0.504 e. The lowest BCUT2D eigenvalue weighted by Crippen LogP contribution is -1.93. The predicted molar refractivity (Wildman–Crippen MR) is 88.8 cm³/mol. The number of para-hydroxylation sites is 2. The second-order valence-electron chi connectivity index (χ2n) is 5.15. The van der Waals surface area contributed by atoms with E-state index in [1.807, 2.05) is 36.4 Å². The quantitative estimate of drug-likeness (QED) is 0.549. The van der Waals surface area contributed by atoms with Gasteiger partial charge in [-0.2, -0.15) is 0 Å². The number of aromatic hydroxyl groups is 1. The number of anilines is 1. The average molecular weight is 303 g/mol. The molecule has 23 heavy (non-hydrogen) atoms. The van der Waals surface area contributed by atoms with Gasteiger partial charge < -0.3 is 15.3 Å². The molecule has 5 nitrogen and oxygen atoms in total. The highest BCUT2D eigenvalue weighted by Gasteiger charge is 2.17. The maximum absolute atomic E-state index is 10.4. The molecule has 0 aliphatic heterocycles. The Hall–Kier alpha value is -3.34. The second kappa shape index (κ2) is 5.14. The third-order valence-corrected chi connectivity index (χ3v) is 3.71. The number of aromatic nitrogens is 2. The van der Waals surface area contributed by atoms with Crippen molar-refractivity contribution >= 4 is 16.7 Å². The molecule has 112 valence electrons. The van der Waals surface area contributed by atoms with Crippen LogP contribution < -0.4 is 5.73 Å². The van der Waals surface area contributed by atoms with Crippen LogP contribution in [0.25, 0.3) is 33.7 Å². The summed E-state index contributed by atoms with van der Waals surface area (Å²) < 4.78 is 5.73. The molecule has 0 amide bonds. The molecule has 0 unspecified atom stereocenters. The molecule has 0 fully saturated rings. The van der Waals surface area contributed by atoms with Crippen LogP contribution in [0.4, 0.5) is 5.69 Å². The van der Waals surface area contributed by atoms with E-state index in [9.17, 15) is 5.11 Å². The van der Waals surface area contributed by atoms with Crippen molar-refractivity contribution in [2.45, 2.75) is 0 Å². The van der Waals surface area contributed by atoms with Crippen LogP contribution in [0.1, 0.15) is 0 Å². The van der Waals surface area contributed by atoms with E-state index in [-0.39, 0.29) is 5.75 Å². The Labute approximate surface area is 132 Å². The van der Waals surface area contributed by atoms with Crippen LogP contribution in [-0.2, 0) is 0 Å². The summed E-state index contributed by atoms with van der Waals surface area (Å²) in [5.41, 5.74) is 9.23.